The Morgan fingerprint density at radius 1 is 0.732 bits per heavy atom. The van der Waals surface area contributed by atoms with Gasteiger partial charge in [-0.1, -0.05) is 58.8 Å². The zero-order valence-electron chi connectivity index (χ0n) is 24.5. The predicted octanol–water partition coefficient (Wildman–Crippen LogP) is 7.74. The summed E-state index contributed by atoms with van der Waals surface area (Å²) in [6, 6.07) is 10.2. The first kappa shape index (κ1) is 37.1. The van der Waals surface area contributed by atoms with Crippen LogP contribution in [0.3, 0.4) is 0 Å². The summed E-state index contributed by atoms with van der Waals surface area (Å²) in [5.41, 5.74) is 0.241. The van der Waals surface area contributed by atoms with Gasteiger partial charge in [-0.25, -0.2) is 9.59 Å². The summed E-state index contributed by atoms with van der Waals surface area (Å²) in [5.74, 6) is -1.52. The Morgan fingerprint density at radius 3 is 1.51 bits per heavy atom. The normalized spacial score (nSPS) is 11.5. The Bertz CT molecular complexity index is 1010. The fourth-order valence-corrected chi connectivity index (χ4v) is 3.48. The van der Waals surface area contributed by atoms with E-state index in [1.807, 2.05) is 13.8 Å². The maximum Gasteiger partial charge on any atom is 0.338 e. The average molecular weight is 577 g/mol. The van der Waals surface area contributed by atoms with Gasteiger partial charge in [-0.05, 0) is 57.4 Å². The van der Waals surface area contributed by atoms with Crippen molar-refractivity contribution in [3.8, 4) is 0 Å². The Kier molecular flexibility index (Phi) is 19.8. The van der Waals surface area contributed by atoms with Crippen LogP contribution in [0.2, 0.25) is 0 Å². The van der Waals surface area contributed by atoms with E-state index in [0.717, 1.165) is 37.8 Å². The second-order valence-electron chi connectivity index (χ2n) is 9.68. The molecule has 11 nitrogen and oxygen atoms in total. The number of aliphatic hydroxyl groups is 1. The van der Waals surface area contributed by atoms with Gasteiger partial charge in [-0.3, -0.25) is 20.2 Å². The second kappa shape index (κ2) is 21.9. The van der Waals surface area contributed by atoms with Crippen LogP contribution in [-0.4, -0.2) is 44.2 Å². The van der Waals surface area contributed by atoms with Crippen molar-refractivity contribution in [2.24, 2.45) is 0 Å². The number of unbranched alkanes of at least 4 members (excludes halogenated alkanes) is 6. The lowest BCUT2D eigenvalue weighted by Gasteiger charge is -2.13. The number of carbonyl (C=O) groups excluding carboxylic acids is 1. The number of nitro benzene ring substituents is 2. The van der Waals surface area contributed by atoms with Crippen LogP contribution in [-0.2, 0) is 4.74 Å². The highest BCUT2D eigenvalue weighted by Crippen LogP contribution is 2.15. The van der Waals surface area contributed by atoms with Gasteiger partial charge >= 0.3 is 11.9 Å². The van der Waals surface area contributed by atoms with Crippen LogP contribution in [0.1, 0.15) is 113 Å². The topological polar surface area (TPSA) is 170 Å². The van der Waals surface area contributed by atoms with E-state index in [9.17, 15) is 29.8 Å². The monoisotopic (exact) mass is 576 g/mol. The molecule has 0 bridgehead atoms. The largest absolute Gasteiger partial charge is 0.478 e. The molecule has 2 aromatic carbocycles. The summed E-state index contributed by atoms with van der Waals surface area (Å²) in [4.78, 5) is 41.7. The van der Waals surface area contributed by atoms with E-state index in [-0.39, 0.29) is 29.1 Å². The molecule has 0 radical (unpaired) electrons. The maximum absolute atomic E-state index is 11.8. The van der Waals surface area contributed by atoms with Crippen LogP contribution in [0.5, 0.6) is 0 Å². The van der Waals surface area contributed by atoms with Crippen molar-refractivity contribution in [2.45, 2.75) is 104 Å². The highest BCUT2D eigenvalue weighted by molar-refractivity contribution is 5.89. The van der Waals surface area contributed by atoms with Crippen molar-refractivity contribution in [1.29, 1.82) is 0 Å². The third-order valence-corrected chi connectivity index (χ3v) is 5.89. The predicted molar refractivity (Wildman–Crippen MR) is 157 cm³/mol. The Labute approximate surface area is 241 Å². The molecule has 0 aliphatic rings. The van der Waals surface area contributed by atoms with Gasteiger partial charge in [0, 0.05) is 24.3 Å². The summed E-state index contributed by atoms with van der Waals surface area (Å²) >= 11 is 0. The van der Waals surface area contributed by atoms with Crippen molar-refractivity contribution in [3.05, 3.63) is 79.9 Å². The summed E-state index contributed by atoms with van der Waals surface area (Å²) in [6.45, 7) is 8.07. The molecule has 0 saturated heterocycles. The summed E-state index contributed by atoms with van der Waals surface area (Å²) in [5, 5.41) is 38.0. The molecule has 0 aliphatic heterocycles. The number of ether oxygens (including phenoxy) is 1. The van der Waals surface area contributed by atoms with E-state index in [1.54, 1.807) is 0 Å². The smallest absolute Gasteiger partial charge is 0.338 e. The molecule has 11 heteroatoms. The minimum absolute atomic E-state index is 0.0332. The van der Waals surface area contributed by atoms with Gasteiger partial charge in [-0.15, -0.1) is 0 Å². The van der Waals surface area contributed by atoms with Gasteiger partial charge < -0.3 is 14.9 Å². The standard InChI is InChI=1S/C15H21NO4.C8H18O.C7H5NO4/c1-3-4-5-6-7-12(2)20-15(17)13-8-10-14(11-9-13)16(18)19;1-3-4-5-6-7-8(2)9;9-7(10)5-1-3-6(4-2-5)8(11)12/h8-12H,3-7H2,1-2H3;8-9H,3-7H2,1-2H3;1-4H,(H,9,10)/t12-;8-;/m10./s1. The van der Waals surface area contributed by atoms with Crippen LogP contribution in [0.15, 0.2) is 48.5 Å². The summed E-state index contributed by atoms with van der Waals surface area (Å²) < 4.78 is 5.31. The zero-order valence-corrected chi connectivity index (χ0v) is 24.5. The van der Waals surface area contributed by atoms with Crippen LogP contribution in [0, 0.1) is 20.2 Å². The number of carbonyl (C=O) groups is 2. The third kappa shape index (κ3) is 18.2. The number of nitrogens with zero attached hydrogens (tertiary/aromatic N) is 2. The molecule has 2 N–H and O–H groups in total. The number of carboxylic acid groups (broad SMARTS) is 1. The van der Waals surface area contributed by atoms with E-state index in [0.29, 0.717) is 5.56 Å². The van der Waals surface area contributed by atoms with Gasteiger partial charge in [0.15, 0.2) is 0 Å². The molecule has 0 aromatic heterocycles. The van der Waals surface area contributed by atoms with E-state index < -0.39 is 21.8 Å². The Morgan fingerprint density at radius 2 is 1.15 bits per heavy atom. The third-order valence-electron chi connectivity index (χ3n) is 5.89. The number of non-ortho nitro benzene ring substituents is 2. The summed E-state index contributed by atoms with van der Waals surface area (Å²) in [6.07, 6.45) is 11.2. The SMILES string of the molecule is CCCCCC[C@@H](C)OC(=O)c1ccc([N+](=O)[O-])cc1.CCCCCC[C@H](C)O.O=C(O)c1ccc([N+](=O)[O-])cc1. The molecule has 0 spiro atoms. The van der Waals surface area contributed by atoms with Gasteiger partial charge in [0.1, 0.15) is 0 Å². The van der Waals surface area contributed by atoms with Crippen molar-refractivity contribution < 1.29 is 34.4 Å². The first-order valence-electron chi connectivity index (χ1n) is 14.0. The molecule has 0 saturated carbocycles. The molecule has 0 aliphatic carbocycles. The minimum atomic E-state index is -1.09. The molecule has 2 rings (SSSR count). The quantitative estimate of drug-likeness (QED) is 0.0931. The molecule has 0 heterocycles. The van der Waals surface area contributed by atoms with Crippen molar-refractivity contribution in [3.63, 3.8) is 0 Å². The Balaban J connectivity index is 0.000000646. The first-order chi connectivity index (χ1) is 19.4. The molecule has 0 unspecified atom stereocenters. The van der Waals surface area contributed by atoms with E-state index in [2.05, 4.69) is 13.8 Å². The first-order valence-corrected chi connectivity index (χ1v) is 14.0. The molecular formula is C30H44N2O9. The molecule has 2 atom stereocenters. The van der Waals surface area contributed by atoms with Gasteiger partial charge in [0.2, 0.25) is 0 Å². The molecule has 0 fully saturated rings. The minimum Gasteiger partial charge on any atom is -0.478 e. The number of nitro groups is 2. The number of carboxylic acids is 1. The fraction of sp³-hybridized carbons (Fsp3) is 0.533. The fourth-order valence-electron chi connectivity index (χ4n) is 3.48. The Hall–Kier alpha value is -3.86. The van der Waals surface area contributed by atoms with Gasteiger partial charge in [0.05, 0.1) is 33.2 Å². The number of aliphatic hydroxyl groups excluding tert-OH is 1. The average Bonchev–Trinajstić information content (AvgIpc) is 2.94. The number of hydrogen-bond donors (Lipinski definition) is 2. The lowest BCUT2D eigenvalue weighted by molar-refractivity contribution is -0.385. The van der Waals surface area contributed by atoms with Crippen molar-refractivity contribution in [1.82, 2.24) is 0 Å². The lowest BCUT2D eigenvalue weighted by Crippen LogP contribution is -2.15. The molecule has 0 amide bonds. The van der Waals surface area contributed by atoms with Crippen molar-refractivity contribution in [2.75, 3.05) is 0 Å². The van der Waals surface area contributed by atoms with Crippen LogP contribution >= 0.6 is 0 Å². The summed E-state index contributed by atoms with van der Waals surface area (Å²) in [7, 11) is 0. The lowest BCUT2D eigenvalue weighted by atomic mass is 10.1. The van der Waals surface area contributed by atoms with Crippen molar-refractivity contribution >= 4 is 23.3 Å². The van der Waals surface area contributed by atoms with Crippen LogP contribution < -0.4 is 0 Å². The number of rotatable bonds is 15. The van der Waals surface area contributed by atoms with Gasteiger partial charge in [0.25, 0.3) is 11.4 Å². The van der Waals surface area contributed by atoms with E-state index >= 15 is 0 Å². The number of benzene rings is 2. The van der Waals surface area contributed by atoms with E-state index in [4.69, 9.17) is 14.9 Å². The molecule has 2 aromatic rings. The van der Waals surface area contributed by atoms with E-state index in [1.165, 1.54) is 74.9 Å². The van der Waals surface area contributed by atoms with Gasteiger partial charge in [-0.2, -0.15) is 0 Å². The molecular weight excluding hydrogens is 532 g/mol. The second-order valence-corrected chi connectivity index (χ2v) is 9.68. The number of aromatic carboxylic acids is 1. The number of hydrogen-bond acceptors (Lipinski definition) is 8. The van der Waals surface area contributed by atoms with Crippen LogP contribution in [0.4, 0.5) is 11.4 Å². The maximum atomic E-state index is 11.8. The highest BCUT2D eigenvalue weighted by Gasteiger charge is 2.13. The number of esters is 1. The molecule has 228 valence electrons. The zero-order chi connectivity index (χ0) is 31.2. The highest BCUT2D eigenvalue weighted by atomic mass is 16.6. The van der Waals surface area contributed by atoms with Crippen LogP contribution in [0.25, 0.3) is 0 Å². The molecule has 41 heavy (non-hydrogen) atoms.